The molecule has 16 nitrogen and oxygen atoms in total. The maximum atomic E-state index is 13.3. The van der Waals surface area contributed by atoms with E-state index in [0.29, 0.717) is 12.1 Å². The molecule has 1 aromatic heterocycles. The molecule has 39 heavy (non-hydrogen) atoms. The lowest BCUT2D eigenvalue weighted by Gasteiger charge is -2.26. The van der Waals surface area contributed by atoms with Crippen LogP contribution in [-0.4, -0.2) is 81.3 Å². The highest BCUT2D eigenvalue weighted by molar-refractivity contribution is 5.94. The van der Waals surface area contributed by atoms with E-state index in [1.165, 1.54) is 12.5 Å². The van der Waals surface area contributed by atoms with Crippen LogP contribution in [0.5, 0.6) is 0 Å². The zero-order valence-corrected chi connectivity index (χ0v) is 22.2. The Morgan fingerprint density at radius 1 is 1.03 bits per heavy atom. The van der Waals surface area contributed by atoms with E-state index >= 15 is 0 Å². The molecule has 0 bridgehead atoms. The minimum atomic E-state index is -1.21. The number of hydrogen-bond acceptors (Lipinski definition) is 8. The van der Waals surface area contributed by atoms with Crippen LogP contribution in [0.15, 0.2) is 17.5 Å². The van der Waals surface area contributed by atoms with E-state index in [2.05, 4.69) is 30.9 Å². The number of aliphatic imine (C=N–C) groups is 1. The van der Waals surface area contributed by atoms with Gasteiger partial charge in [-0.3, -0.25) is 24.2 Å². The second-order valence-corrected chi connectivity index (χ2v) is 9.17. The lowest BCUT2D eigenvalue weighted by molar-refractivity contribution is -0.144. The van der Waals surface area contributed by atoms with Gasteiger partial charge < -0.3 is 49.0 Å². The predicted octanol–water partition coefficient (Wildman–Crippen LogP) is -2.82. The van der Waals surface area contributed by atoms with Crippen molar-refractivity contribution in [3.63, 3.8) is 0 Å². The van der Waals surface area contributed by atoms with Crippen molar-refractivity contribution in [3.05, 3.63) is 18.2 Å². The average molecular weight is 553 g/mol. The van der Waals surface area contributed by atoms with Crippen LogP contribution in [0.3, 0.4) is 0 Å². The molecule has 0 aliphatic heterocycles. The third-order valence-electron chi connectivity index (χ3n) is 6.01. The number of H-pyrrole nitrogens is 1. The molecule has 4 amide bonds. The molecule has 0 saturated heterocycles. The zero-order valence-electron chi connectivity index (χ0n) is 22.2. The first kappa shape index (κ1) is 32.8. The van der Waals surface area contributed by atoms with E-state index in [4.69, 9.17) is 22.9 Å². The summed E-state index contributed by atoms with van der Waals surface area (Å²) in [7, 11) is 0. The number of carbonyl (C=O) groups excluding carboxylic acids is 4. The topological polar surface area (TPSA) is 287 Å². The number of carboxylic acids is 1. The van der Waals surface area contributed by atoms with Gasteiger partial charge >= 0.3 is 5.97 Å². The normalized spacial score (nSPS) is 14.6. The Hall–Kier alpha value is -4.21. The average Bonchev–Trinajstić information content (AvgIpc) is 3.39. The van der Waals surface area contributed by atoms with Crippen LogP contribution in [0.1, 0.15) is 51.6 Å². The van der Waals surface area contributed by atoms with Gasteiger partial charge in [-0.1, -0.05) is 20.3 Å². The summed E-state index contributed by atoms with van der Waals surface area (Å²) in [6.07, 6.45) is 3.54. The van der Waals surface area contributed by atoms with Crippen LogP contribution < -0.4 is 38.9 Å². The van der Waals surface area contributed by atoms with Gasteiger partial charge in [0.1, 0.15) is 18.1 Å². The molecule has 5 atom stereocenters. The van der Waals surface area contributed by atoms with Crippen molar-refractivity contribution < 1.29 is 29.1 Å². The number of rotatable bonds is 18. The van der Waals surface area contributed by atoms with Gasteiger partial charge in [-0.05, 0) is 25.2 Å². The maximum Gasteiger partial charge on any atom is 0.326 e. The second kappa shape index (κ2) is 16.6. The summed E-state index contributed by atoms with van der Waals surface area (Å²) in [5.41, 5.74) is 22.1. The van der Waals surface area contributed by atoms with Crippen molar-refractivity contribution in [2.45, 2.75) is 76.5 Å². The Bertz CT molecular complexity index is 996. The van der Waals surface area contributed by atoms with E-state index in [9.17, 15) is 29.1 Å². The SMILES string of the molecule is CCC(C)C(NC(=O)C(CCCN=C(N)N)NC(=O)C(Cc1cnc[nH]1)NC(=O)C(N)CCC(N)=O)C(=O)O. The first-order chi connectivity index (χ1) is 18.3. The molecule has 1 heterocycles. The van der Waals surface area contributed by atoms with Crippen LogP contribution >= 0.6 is 0 Å². The van der Waals surface area contributed by atoms with E-state index in [1.54, 1.807) is 13.8 Å². The molecule has 0 radical (unpaired) electrons. The van der Waals surface area contributed by atoms with E-state index in [-0.39, 0.29) is 50.5 Å². The molecule has 218 valence electrons. The molecule has 0 aliphatic carbocycles. The predicted molar refractivity (Wildman–Crippen MR) is 141 cm³/mol. The van der Waals surface area contributed by atoms with Crippen LogP contribution in [0.25, 0.3) is 0 Å². The van der Waals surface area contributed by atoms with Crippen LogP contribution in [0, 0.1) is 5.92 Å². The number of primary amides is 1. The summed E-state index contributed by atoms with van der Waals surface area (Å²) in [6.45, 7) is 3.64. The van der Waals surface area contributed by atoms with Gasteiger partial charge in [0.25, 0.3) is 0 Å². The first-order valence-corrected chi connectivity index (χ1v) is 12.6. The Balaban J connectivity index is 3.11. The lowest BCUT2D eigenvalue weighted by Crippen LogP contribution is -2.58. The molecule has 1 rings (SSSR count). The first-order valence-electron chi connectivity index (χ1n) is 12.6. The number of amides is 4. The van der Waals surface area contributed by atoms with Gasteiger partial charge in [0.15, 0.2) is 5.96 Å². The van der Waals surface area contributed by atoms with Gasteiger partial charge in [0.2, 0.25) is 23.6 Å². The summed E-state index contributed by atoms with van der Waals surface area (Å²) < 4.78 is 0. The zero-order chi connectivity index (χ0) is 29.5. The van der Waals surface area contributed by atoms with Crippen molar-refractivity contribution in [1.29, 1.82) is 0 Å². The molecule has 0 aromatic carbocycles. The fraction of sp³-hybridized carbons (Fsp3) is 0.609. The summed E-state index contributed by atoms with van der Waals surface area (Å²) in [5, 5.41) is 17.2. The number of imidazole rings is 1. The standard InChI is InChI=1S/C23H40N10O6/c1-3-12(2)18(22(38)39)33-20(36)15(5-4-8-29-23(26)27)31-21(37)16(9-13-10-28-11-30-13)32-19(35)14(24)6-7-17(25)34/h10-12,14-16,18H,3-9,24H2,1-2H3,(H2,25,34)(H,28,30)(H,31,37)(H,32,35)(H,33,36)(H,38,39)(H4,26,27,29). The Labute approximate surface area is 226 Å². The number of carbonyl (C=O) groups is 5. The van der Waals surface area contributed by atoms with Crippen LogP contribution in [0.2, 0.25) is 0 Å². The summed E-state index contributed by atoms with van der Waals surface area (Å²) in [4.78, 5) is 72.5. The van der Waals surface area contributed by atoms with Gasteiger partial charge in [0, 0.05) is 31.3 Å². The number of aliphatic carboxylic acids is 1. The number of nitrogens with one attached hydrogen (secondary N) is 4. The summed E-state index contributed by atoms with van der Waals surface area (Å²) >= 11 is 0. The van der Waals surface area contributed by atoms with Gasteiger partial charge in [-0.25, -0.2) is 9.78 Å². The highest BCUT2D eigenvalue weighted by Crippen LogP contribution is 2.10. The van der Waals surface area contributed by atoms with Crippen molar-refractivity contribution in [2.24, 2.45) is 33.8 Å². The van der Waals surface area contributed by atoms with Crippen molar-refractivity contribution in [2.75, 3.05) is 6.54 Å². The minimum Gasteiger partial charge on any atom is -0.480 e. The van der Waals surface area contributed by atoms with Crippen molar-refractivity contribution in [1.82, 2.24) is 25.9 Å². The number of carboxylic acid groups (broad SMARTS) is 1. The second-order valence-electron chi connectivity index (χ2n) is 9.17. The monoisotopic (exact) mass is 552 g/mol. The minimum absolute atomic E-state index is 0.0208. The number of nitrogens with zero attached hydrogens (tertiary/aromatic N) is 2. The van der Waals surface area contributed by atoms with Gasteiger partial charge in [0.05, 0.1) is 12.4 Å². The Kier molecular flexibility index (Phi) is 14.0. The lowest BCUT2D eigenvalue weighted by atomic mass is 9.98. The summed E-state index contributed by atoms with van der Waals surface area (Å²) in [5.74, 6) is -4.50. The quantitative estimate of drug-likeness (QED) is 0.0511. The Morgan fingerprint density at radius 3 is 2.21 bits per heavy atom. The number of guanidine groups is 1. The smallest absolute Gasteiger partial charge is 0.326 e. The number of hydrogen-bond donors (Lipinski definition) is 9. The van der Waals surface area contributed by atoms with E-state index in [1.807, 2.05) is 0 Å². The largest absolute Gasteiger partial charge is 0.480 e. The van der Waals surface area contributed by atoms with Crippen LogP contribution in [-0.2, 0) is 30.4 Å². The highest BCUT2D eigenvalue weighted by atomic mass is 16.4. The number of aromatic nitrogens is 2. The van der Waals surface area contributed by atoms with E-state index < -0.39 is 53.8 Å². The van der Waals surface area contributed by atoms with E-state index in [0.717, 1.165) is 0 Å². The third-order valence-corrected chi connectivity index (χ3v) is 6.01. The molecular weight excluding hydrogens is 512 g/mol. The molecule has 13 N–H and O–H groups in total. The molecule has 16 heteroatoms. The fourth-order valence-electron chi connectivity index (χ4n) is 3.51. The Morgan fingerprint density at radius 2 is 1.67 bits per heavy atom. The van der Waals surface area contributed by atoms with Crippen molar-refractivity contribution >= 4 is 35.6 Å². The third kappa shape index (κ3) is 12.3. The summed E-state index contributed by atoms with van der Waals surface area (Å²) in [6, 6.07) is -4.64. The molecule has 0 spiro atoms. The molecule has 0 fully saturated rings. The van der Waals surface area contributed by atoms with Gasteiger partial charge in [-0.2, -0.15) is 0 Å². The molecule has 5 unspecified atom stereocenters. The molecule has 0 saturated carbocycles. The number of aromatic amines is 1. The molecule has 0 aliphatic rings. The molecule has 1 aromatic rings. The van der Waals surface area contributed by atoms with Gasteiger partial charge in [-0.15, -0.1) is 0 Å². The molecular formula is C23H40N10O6. The number of nitrogens with two attached hydrogens (primary N) is 4. The van der Waals surface area contributed by atoms with Crippen molar-refractivity contribution in [3.8, 4) is 0 Å². The maximum absolute atomic E-state index is 13.3. The van der Waals surface area contributed by atoms with Crippen LogP contribution in [0.4, 0.5) is 0 Å². The highest BCUT2D eigenvalue weighted by Gasteiger charge is 2.32. The fourth-order valence-corrected chi connectivity index (χ4v) is 3.51.